The van der Waals surface area contributed by atoms with E-state index in [1.54, 1.807) is 24.3 Å². The van der Waals surface area contributed by atoms with Gasteiger partial charge in [-0.05, 0) is 42.8 Å². The quantitative estimate of drug-likeness (QED) is 0.845. The summed E-state index contributed by atoms with van der Waals surface area (Å²) in [7, 11) is -3.81. The average Bonchev–Trinajstić information content (AvgIpc) is 2.49. The summed E-state index contributed by atoms with van der Waals surface area (Å²) in [6.07, 6.45) is 0. The Balaban J connectivity index is 1.99. The van der Waals surface area contributed by atoms with Gasteiger partial charge in [-0.2, -0.15) is 0 Å². The van der Waals surface area contributed by atoms with Gasteiger partial charge >= 0.3 is 0 Å². The molecule has 0 saturated carbocycles. The van der Waals surface area contributed by atoms with Gasteiger partial charge in [-0.1, -0.05) is 35.3 Å². The fourth-order valence-corrected chi connectivity index (χ4v) is 3.22. The summed E-state index contributed by atoms with van der Waals surface area (Å²) in [5, 5.41) is 3.38. The van der Waals surface area contributed by atoms with E-state index in [1.807, 2.05) is 6.92 Å². The van der Waals surface area contributed by atoms with Crippen LogP contribution >= 0.6 is 23.2 Å². The van der Waals surface area contributed by atoms with Crippen LogP contribution in [-0.4, -0.2) is 20.9 Å². The maximum atomic E-state index is 12.1. The van der Waals surface area contributed by atoms with Crippen molar-refractivity contribution in [1.29, 1.82) is 0 Å². The minimum absolute atomic E-state index is 0.00354. The van der Waals surface area contributed by atoms with Crippen LogP contribution in [0.1, 0.15) is 5.56 Å². The molecule has 0 spiro atoms. The van der Waals surface area contributed by atoms with Gasteiger partial charge in [0.2, 0.25) is 15.9 Å². The Morgan fingerprint density at radius 3 is 2.52 bits per heavy atom. The maximum Gasteiger partial charge on any atom is 0.241 e. The summed E-state index contributed by atoms with van der Waals surface area (Å²) >= 11 is 11.7. The standard InChI is InChI=1S/C15H14Cl2N2O3S/c1-10-5-6-12(8-14(10)17)19-15(20)9-18-23(21,22)13-4-2-3-11(16)7-13/h2-8,18H,9H2,1H3,(H,19,20). The number of rotatable bonds is 5. The zero-order valence-corrected chi connectivity index (χ0v) is 14.5. The molecular weight excluding hydrogens is 359 g/mol. The van der Waals surface area contributed by atoms with E-state index >= 15 is 0 Å². The zero-order chi connectivity index (χ0) is 17.0. The number of aryl methyl sites for hydroxylation is 1. The highest BCUT2D eigenvalue weighted by atomic mass is 35.5. The Labute approximate surface area is 144 Å². The Hall–Kier alpha value is -1.60. The molecule has 2 N–H and O–H groups in total. The van der Waals surface area contributed by atoms with Crippen molar-refractivity contribution >= 4 is 44.8 Å². The Morgan fingerprint density at radius 2 is 1.87 bits per heavy atom. The van der Waals surface area contributed by atoms with Gasteiger partial charge in [0.25, 0.3) is 0 Å². The summed E-state index contributed by atoms with van der Waals surface area (Å²) in [6, 6.07) is 10.8. The molecule has 0 heterocycles. The van der Waals surface area contributed by atoms with Crippen LogP contribution in [0.2, 0.25) is 10.0 Å². The van der Waals surface area contributed by atoms with E-state index in [0.29, 0.717) is 15.7 Å². The summed E-state index contributed by atoms with van der Waals surface area (Å²) in [5.41, 5.74) is 1.37. The van der Waals surface area contributed by atoms with Crippen LogP contribution < -0.4 is 10.0 Å². The lowest BCUT2D eigenvalue weighted by Crippen LogP contribution is -2.32. The summed E-state index contributed by atoms with van der Waals surface area (Å²) < 4.78 is 26.4. The van der Waals surface area contributed by atoms with E-state index in [-0.39, 0.29) is 4.90 Å². The Kier molecular flexibility index (Phi) is 5.64. The average molecular weight is 373 g/mol. The number of sulfonamides is 1. The van der Waals surface area contributed by atoms with Crippen LogP contribution in [0, 0.1) is 6.92 Å². The molecule has 2 rings (SSSR count). The van der Waals surface area contributed by atoms with Crippen molar-refractivity contribution in [3.05, 3.63) is 58.1 Å². The van der Waals surface area contributed by atoms with E-state index in [4.69, 9.17) is 23.2 Å². The molecule has 0 aliphatic rings. The molecule has 0 fully saturated rings. The molecule has 0 aromatic heterocycles. The van der Waals surface area contributed by atoms with Gasteiger partial charge in [0.15, 0.2) is 0 Å². The second-order valence-corrected chi connectivity index (χ2v) is 7.40. The van der Waals surface area contributed by atoms with Gasteiger partial charge in [0.05, 0.1) is 11.4 Å². The molecule has 122 valence electrons. The second kappa shape index (κ2) is 7.31. The van der Waals surface area contributed by atoms with E-state index in [2.05, 4.69) is 10.0 Å². The SMILES string of the molecule is Cc1ccc(NC(=O)CNS(=O)(=O)c2cccc(Cl)c2)cc1Cl. The molecule has 0 bridgehead atoms. The van der Waals surface area contributed by atoms with Gasteiger partial charge in [-0.3, -0.25) is 4.79 Å². The molecule has 5 nitrogen and oxygen atoms in total. The first-order chi connectivity index (χ1) is 10.8. The van der Waals surface area contributed by atoms with Crippen LogP contribution in [0.25, 0.3) is 0 Å². The van der Waals surface area contributed by atoms with Crippen LogP contribution in [-0.2, 0) is 14.8 Å². The molecule has 2 aromatic carbocycles. The number of anilines is 1. The highest BCUT2D eigenvalue weighted by Crippen LogP contribution is 2.20. The van der Waals surface area contributed by atoms with E-state index < -0.39 is 22.5 Å². The lowest BCUT2D eigenvalue weighted by molar-refractivity contribution is -0.115. The van der Waals surface area contributed by atoms with Crippen molar-refractivity contribution in [2.45, 2.75) is 11.8 Å². The van der Waals surface area contributed by atoms with Crippen molar-refractivity contribution in [3.8, 4) is 0 Å². The first kappa shape index (κ1) is 17.7. The van der Waals surface area contributed by atoms with Crippen LogP contribution in [0.4, 0.5) is 5.69 Å². The first-order valence-corrected chi connectivity index (χ1v) is 8.83. The monoisotopic (exact) mass is 372 g/mol. The van der Waals surface area contributed by atoms with Gasteiger partial charge in [-0.15, -0.1) is 0 Å². The van der Waals surface area contributed by atoms with Gasteiger partial charge in [0, 0.05) is 15.7 Å². The zero-order valence-electron chi connectivity index (χ0n) is 12.1. The molecule has 0 radical (unpaired) electrons. The smallest absolute Gasteiger partial charge is 0.241 e. The van der Waals surface area contributed by atoms with Crippen molar-refractivity contribution in [2.24, 2.45) is 0 Å². The molecule has 2 aromatic rings. The summed E-state index contributed by atoms with van der Waals surface area (Å²) in [5.74, 6) is -0.504. The lowest BCUT2D eigenvalue weighted by atomic mass is 10.2. The fraction of sp³-hybridized carbons (Fsp3) is 0.133. The minimum atomic E-state index is -3.81. The number of carbonyl (C=O) groups excluding carboxylic acids is 1. The van der Waals surface area contributed by atoms with Crippen molar-refractivity contribution in [3.63, 3.8) is 0 Å². The van der Waals surface area contributed by atoms with Crippen molar-refractivity contribution in [2.75, 3.05) is 11.9 Å². The van der Waals surface area contributed by atoms with Gasteiger partial charge in [-0.25, -0.2) is 13.1 Å². The van der Waals surface area contributed by atoms with E-state index in [0.717, 1.165) is 5.56 Å². The number of amides is 1. The molecule has 0 saturated heterocycles. The molecular formula is C15H14Cl2N2O3S. The summed E-state index contributed by atoms with van der Waals surface area (Å²) in [4.78, 5) is 11.8. The van der Waals surface area contributed by atoms with Crippen LogP contribution in [0.15, 0.2) is 47.4 Å². The van der Waals surface area contributed by atoms with Crippen LogP contribution in [0.3, 0.4) is 0 Å². The van der Waals surface area contributed by atoms with Crippen LogP contribution in [0.5, 0.6) is 0 Å². The fourth-order valence-electron chi connectivity index (χ4n) is 1.75. The second-order valence-electron chi connectivity index (χ2n) is 4.79. The Morgan fingerprint density at radius 1 is 1.13 bits per heavy atom. The predicted molar refractivity (Wildman–Crippen MR) is 91.5 cm³/mol. The van der Waals surface area contributed by atoms with Crippen molar-refractivity contribution < 1.29 is 13.2 Å². The minimum Gasteiger partial charge on any atom is -0.325 e. The molecule has 0 atom stereocenters. The summed E-state index contributed by atoms with van der Waals surface area (Å²) in [6.45, 7) is 1.44. The normalized spacial score (nSPS) is 11.3. The largest absolute Gasteiger partial charge is 0.325 e. The lowest BCUT2D eigenvalue weighted by Gasteiger charge is -2.09. The number of hydrogen-bond donors (Lipinski definition) is 2. The molecule has 0 unspecified atom stereocenters. The molecule has 0 aliphatic heterocycles. The number of carbonyl (C=O) groups is 1. The van der Waals surface area contributed by atoms with Gasteiger partial charge in [0.1, 0.15) is 0 Å². The molecule has 1 amide bonds. The third-order valence-electron chi connectivity index (χ3n) is 2.98. The molecule has 0 aliphatic carbocycles. The third kappa shape index (κ3) is 4.94. The number of benzene rings is 2. The molecule has 23 heavy (non-hydrogen) atoms. The van der Waals surface area contributed by atoms with Crippen molar-refractivity contribution in [1.82, 2.24) is 4.72 Å². The van der Waals surface area contributed by atoms with Gasteiger partial charge < -0.3 is 5.32 Å². The highest BCUT2D eigenvalue weighted by molar-refractivity contribution is 7.89. The Bertz CT molecular complexity index is 838. The van der Waals surface area contributed by atoms with E-state index in [1.165, 1.54) is 18.2 Å². The van der Waals surface area contributed by atoms with E-state index in [9.17, 15) is 13.2 Å². The molecule has 8 heteroatoms. The third-order valence-corrected chi connectivity index (χ3v) is 5.03. The highest BCUT2D eigenvalue weighted by Gasteiger charge is 2.16. The number of nitrogens with one attached hydrogen (secondary N) is 2. The number of halogens is 2. The number of hydrogen-bond acceptors (Lipinski definition) is 3. The maximum absolute atomic E-state index is 12.1. The predicted octanol–water partition coefficient (Wildman–Crippen LogP) is 3.22. The first-order valence-electron chi connectivity index (χ1n) is 6.59. The topological polar surface area (TPSA) is 75.3 Å².